The van der Waals surface area contributed by atoms with Crippen LogP contribution >= 0.6 is 0 Å². The molecule has 1 aromatic heterocycles. The van der Waals surface area contributed by atoms with E-state index in [-0.39, 0.29) is 34.7 Å². The van der Waals surface area contributed by atoms with Gasteiger partial charge in [-0.25, -0.2) is 9.97 Å². The van der Waals surface area contributed by atoms with Gasteiger partial charge in [-0.3, -0.25) is 16.1 Å². The number of ether oxygens (including phenoxy) is 2. The zero-order valence-corrected chi connectivity index (χ0v) is 17.0. The molecule has 4 rings (SSSR count). The van der Waals surface area contributed by atoms with Gasteiger partial charge in [-0.05, 0) is 30.9 Å². The van der Waals surface area contributed by atoms with Crippen molar-refractivity contribution in [2.75, 3.05) is 25.1 Å². The minimum atomic E-state index is -4.52. The van der Waals surface area contributed by atoms with Crippen LogP contribution < -0.4 is 15.5 Å². The standard InChI is InChI=1S/C21H22F3N5O3/c22-21(23,24)11-32-18-14(12-6-8-31-9-7-12)2-1-3-15(18)28-20-17(19(25)29-30)27-16(10-26-20)13-4-5-13/h1-3,6,10,13,30H,4-5,7-9,11H2,(H2,25,29)(H,26,28). The number of nitrogens with one attached hydrogen (secondary N) is 3. The van der Waals surface area contributed by atoms with E-state index in [4.69, 9.17) is 14.9 Å². The number of aromatic nitrogens is 2. The molecular weight excluding hydrogens is 427 g/mol. The molecule has 0 radical (unpaired) electrons. The topological polar surface area (TPSA) is 112 Å². The molecule has 1 fully saturated rings. The summed E-state index contributed by atoms with van der Waals surface area (Å²) in [5.41, 5.74) is 4.07. The smallest absolute Gasteiger partial charge is 0.422 e. The van der Waals surface area contributed by atoms with Crippen molar-refractivity contribution in [3.63, 3.8) is 0 Å². The van der Waals surface area contributed by atoms with Crippen LogP contribution in [0, 0.1) is 5.41 Å². The predicted octanol–water partition coefficient (Wildman–Crippen LogP) is 4.15. The summed E-state index contributed by atoms with van der Waals surface area (Å²) in [5, 5.41) is 20.1. The van der Waals surface area contributed by atoms with Crippen molar-refractivity contribution in [3.8, 4) is 5.75 Å². The molecule has 0 saturated heterocycles. The number of halogens is 3. The number of nitrogens with zero attached hydrogens (tertiary/aromatic N) is 2. The van der Waals surface area contributed by atoms with E-state index in [1.165, 1.54) is 0 Å². The van der Waals surface area contributed by atoms with Crippen LogP contribution in [-0.2, 0) is 4.74 Å². The Labute approximate surface area is 181 Å². The van der Waals surface area contributed by atoms with Crippen molar-refractivity contribution in [3.05, 3.63) is 47.4 Å². The summed E-state index contributed by atoms with van der Waals surface area (Å²) in [6.45, 7) is -0.640. The van der Waals surface area contributed by atoms with Crippen molar-refractivity contribution in [2.24, 2.45) is 0 Å². The molecule has 0 unspecified atom stereocenters. The van der Waals surface area contributed by atoms with E-state index in [0.29, 0.717) is 30.9 Å². The lowest BCUT2D eigenvalue weighted by Gasteiger charge is -2.21. The Bertz CT molecular complexity index is 1040. The Morgan fingerprint density at radius 2 is 2.12 bits per heavy atom. The van der Waals surface area contributed by atoms with Gasteiger partial charge in [0.1, 0.15) is 5.69 Å². The van der Waals surface area contributed by atoms with E-state index in [2.05, 4.69) is 15.3 Å². The molecule has 0 spiro atoms. The number of anilines is 2. The molecule has 4 N–H and O–H groups in total. The van der Waals surface area contributed by atoms with Crippen molar-refractivity contribution in [1.82, 2.24) is 15.4 Å². The second-order valence-electron chi connectivity index (χ2n) is 7.52. The third-order valence-corrected chi connectivity index (χ3v) is 5.09. The van der Waals surface area contributed by atoms with Crippen LogP contribution in [-0.4, -0.2) is 47.0 Å². The maximum atomic E-state index is 12.9. The first-order valence-corrected chi connectivity index (χ1v) is 10.1. The second-order valence-corrected chi connectivity index (χ2v) is 7.52. The largest absolute Gasteiger partial charge is 0.481 e. The SMILES string of the molecule is N=C(NO)c1nc(C2CC2)cnc1Nc1cccc(C2=CCOCC2)c1OCC(F)(F)F. The Kier molecular flexibility index (Phi) is 6.28. The van der Waals surface area contributed by atoms with Gasteiger partial charge in [-0.2, -0.15) is 13.2 Å². The lowest BCUT2D eigenvalue weighted by molar-refractivity contribution is -0.153. The maximum absolute atomic E-state index is 12.9. The summed E-state index contributed by atoms with van der Waals surface area (Å²) >= 11 is 0. The fraction of sp³-hybridized carbons (Fsp3) is 0.381. The molecule has 1 saturated carbocycles. The summed E-state index contributed by atoms with van der Waals surface area (Å²) in [5.74, 6) is -0.00351. The van der Waals surface area contributed by atoms with Crippen LogP contribution in [0.25, 0.3) is 5.57 Å². The van der Waals surface area contributed by atoms with Crippen molar-refractivity contribution in [1.29, 1.82) is 5.41 Å². The molecular formula is C21H22F3N5O3. The van der Waals surface area contributed by atoms with Crippen LogP contribution in [0.1, 0.15) is 42.1 Å². The summed E-state index contributed by atoms with van der Waals surface area (Å²) < 4.78 is 49.4. The van der Waals surface area contributed by atoms with Crippen LogP contribution in [0.4, 0.5) is 24.7 Å². The molecule has 0 amide bonds. The molecule has 11 heteroatoms. The molecule has 2 aliphatic rings. The fourth-order valence-electron chi connectivity index (χ4n) is 3.39. The number of hydrogen-bond donors (Lipinski definition) is 4. The highest BCUT2D eigenvalue weighted by atomic mass is 19.4. The number of hydrogen-bond acceptors (Lipinski definition) is 7. The number of rotatable bonds is 7. The van der Waals surface area contributed by atoms with Crippen LogP contribution in [0.3, 0.4) is 0 Å². The Balaban J connectivity index is 1.73. The third-order valence-electron chi connectivity index (χ3n) is 5.09. The maximum Gasteiger partial charge on any atom is 0.422 e. The van der Waals surface area contributed by atoms with Gasteiger partial charge >= 0.3 is 6.18 Å². The Morgan fingerprint density at radius 3 is 2.78 bits per heavy atom. The summed E-state index contributed by atoms with van der Waals surface area (Å²) in [7, 11) is 0. The Morgan fingerprint density at radius 1 is 1.31 bits per heavy atom. The van der Waals surface area contributed by atoms with Crippen LogP contribution in [0.5, 0.6) is 5.75 Å². The van der Waals surface area contributed by atoms with Crippen LogP contribution in [0.15, 0.2) is 30.5 Å². The first-order valence-electron chi connectivity index (χ1n) is 10.1. The molecule has 170 valence electrons. The number of alkyl halides is 3. The lowest BCUT2D eigenvalue weighted by Crippen LogP contribution is -2.23. The van der Waals surface area contributed by atoms with Gasteiger partial charge in [0.05, 0.1) is 30.8 Å². The van der Waals surface area contributed by atoms with Gasteiger partial charge in [0, 0.05) is 11.5 Å². The highest BCUT2D eigenvalue weighted by Gasteiger charge is 2.30. The molecule has 1 aromatic carbocycles. The van der Waals surface area contributed by atoms with E-state index in [1.807, 2.05) is 6.08 Å². The van der Waals surface area contributed by atoms with Gasteiger partial charge < -0.3 is 14.8 Å². The molecule has 1 aliphatic heterocycles. The normalized spacial score (nSPS) is 16.3. The highest BCUT2D eigenvalue weighted by Crippen LogP contribution is 2.40. The molecule has 2 aromatic rings. The van der Waals surface area contributed by atoms with Gasteiger partial charge in [-0.15, -0.1) is 0 Å². The molecule has 2 heterocycles. The van der Waals surface area contributed by atoms with E-state index < -0.39 is 12.8 Å². The van der Waals surface area contributed by atoms with Crippen LogP contribution in [0.2, 0.25) is 0 Å². The zero-order chi connectivity index (χ0) is 22.7. The van der Waals surface area contributed by atoms with Gasteiger partial charge in [0.25, 0.3) is 0 Å². The second kappa shape index (κ2) is 9.13. The number of hydroxylamine groups is 1. The average Bonchev–Trinajstić information content (AvgIpc) is 3.63. The molecule has 32 heavy (non-hydrogen) atoms. The minimum absolute atomic E-state index is 0.0143. The molecule has 0 bridgehead atoms. The third kappa shape index (κ3) is 5.17. The fourth-order valence-corrected chi connectivity index (χ4v) is 3.39. The minimum Gasteiger partial charge on any atom is -0.481 e. The van der Waals surface area contributed by atoms with Crippen molar-refractivity contribution in [2.45, 2.75) is 31.4 Å². The lowest BCUT2D eigenvalue weighted by atomic mass is 9.99. The number of amidine groups is 1. The van der Waals surface area contributed by atoms with E-state index in [1.54, 1.807) is 29.9 Å². The highest BCUT2D eigenvalue weighted by molar-refractivity contribution is 5.99. The summed E-state index contributed by atoms with van der Waals surface area (Å²) in [6.07, 6.45) is 1.33. The molecule has 1 aliphatic carbocycles. The summed E-state index contributed by atoms with van der Waals surface area (Å²) in [4.78, 5) is 8.73. The Hall–Kier alpha value is -3.18. The van der Waals surface area contributed by atoms with E-state index in [9.17, 15) is 18.4 Å². The predicted molar refractivity (Wildman–Crippen MR) is 110 cm³/mol. The first kappa shape index (κ1) is 22.0. The summed E-state index contributed by atoms with van der Waals surface area (Å²) in [6, 6.07) is 4.94. The van der Waals surface area contributed by atoms with E-state index in [0.717, 1.165) is 18.4 Å². The van der Waals surface area contributed by atoms with Gasteiger partial charge in [-0.1, -0.05) is 18.2 Å². The quantitative estimate of drug-likeness (QED) is 0.285. The van der Waals surface area contributed by atoms with Crippen molar-refractivity contribution >= 4 is 22.9 Å². The molecule has 8 nitrogen and oxygen atoms in total. The average molecular weight is 449 g/mol. The number of para-hydroxylation sites is 1. The molecule has 0 atom stereocenters. The van der Waals surface area contributed by atoms with Crippen molar-refractivity contribution < 1.29 is 27.9 Å². The number of benzene rings is 1. The monoisotopic (exact) mass is 449 g/mol. The van der Waals surface area contributed by atoms with Gasteiger partial charge in [0.2, 0.25) is 0 Å². The first-order chi connectivity index (χ1) is 15.4. The zero-order valence-electron chi connectivity index (χ0n) is 17.0. The van der Waals surface area contributed by atoms with Gasteiger partial charge in [0.15, 0.2) is 24.0 Å². The van der Waals surface area contributed by atoms with E-state index >= 15 is 0 Å².